The molecule has 1 aliphatic rings. The van der Waals surface area contributed by atoms with Gasteiger partial charge in [-0.3, -0.25) is 15.5 Å². The van der Waals surface area contributed by atoms with Crippen molar-refractivity contribution in [2.24, 2.45) is 10.1 Å². The van der Waals surface area contributed by atoms with Gasteiger partial charge in [-0.1, -0.05) is 13.0 Å². The van der Waals surface area contributed by atoms with Gasteiger partial charge in [0.1, 0.15) is 5.75 Å². The number of non-ortho nitro benzene ring substituents is 1. The molecule has 0 saturated heterocycles. The van der Waals surface area contributed by atoms with Gasteiger partial charge in [-0.25, -0.2) is 4.99 Å². The molecule has 1 aliphatic heterocycles. The van der Waals surface area contributed by atoms with E-state index in [0.717, 1.165) is 40.1 Å². The zero-order valence-corrected chi connectivity index (χ0v) is 17.3. The van der Waals surface area contributed by atoms with Crippen LogP contribution in [0.1, 0.15) is 36.1 Å². The lowest BCUT2D eigenvalue weighted by Gasteiger charge is -2.09. The number of aryl methyl sites for hydroxylation is 1. The van der Waals surface area contributed by atoms with Crippen LogP contribution in [0.5, 0.6) is 5.75 Å². The van der Waals surface area contributed by atoms with E-state index >= 15 is 0 Å². The smallest absolute Gasteiger partial charge is 0.269 e. The number of nitro groups is 1. The standard InChI is InChI=1S/C24H22N4O3/c1-3-16-5-14-22-21(15-16)23(17-6-10-19(11-7-17)28(29)30)26-27-24(25-22)18-8-12-20(13-9-18)31-4-2/h5-15H,3-4H2,1-2H3,(H,25,27). The van der Waals surface area contributed by atoms with Crippen molar-refractivity contribution in [3.63, 3.8) is 0 Å². The average molecular weight is 414 g/mol. The van der Waals surface area contributed by atoms with Crippen LogP contribution in [0.4, 0.5) is 11.4 Å². The first-order valence-corrected chi connectivity index (χ1v) is 10.1. The van der Waals surface area contributed by atoms with E-state index in [9.17, 15) is 10.1 Å². The Hall–Kier alpha value is -4.00. The summed E-state index contributed by atoms with van der Waals surface area (Å²) in [6, 6.07) is 20.2. The number of ether oxygens (including phenoxy) is 1. The molecule has 1 N–H and O–H groups in total. The molecule has 0 bridgehead atoms. The molecule has 0 spiro atoms. The Morgan fingerprint density at radius 1 is 0.968 bits per heavy atom. The van der Waals surface area contributed by atoms with Crippen molar-refractivity contribution in [2.45, 2.75) is 20.3 Å². The second-order valence-electron chi connectivity index (χ2n) is 7.00. The van der Waals surface area contributed by atoms with Crippen LogP contribution in [0.25, 0.3) is 0 Å². The highest BCUT2D eigenvalue weighted by Gasteiger charge is 2.18. The first kappa shape index (κ1) is 20.3. The van der Waals surface area contributed by atoms with E-state index in [1.165, 1.54) is 12.1 Å². The molecule has 0 atom stereocenters. The van der Waals surface area contributed by atoms with Gasteiger partial charge >= 0.3 is 0 Å². The number of hydrogen-bond donors (Lipinski definition) is 1. The van der Waals surface area contributed by atoms with Crippen molar-refractivity contribution >= 4 is 22.9 Å². The third-order valence-corrected chi connectivity index (χ3v) is 5.02. The zero-order chi connectivity index (χ0) is 21.8. The Morgan fingerprint density at radius 2 is 1.68 bits per heavy atom. The summed E-state index contributed by atoms with van der Waals surface area (Å²) in [7, 11) is 0. The molecule has 156 valence electrons. The van der Waals surface area contributed by atoms with Crippen molar-refractivity contribution in [2.75, 3.05) is 6.61 Å². The molecule has 0 saturated carbocycles. The monoisotopic (exact) mass is 414 g/mol. The van der Waals surface area contributed by atoms with Crippen molar-refractivity contribution in [1.82, 2.24) is 5.43 Å². The van der Waals surface area contributed by atoms with E-state index in [2.05, 4.69) is 29.6 Å². The number of aliphatic imine (C=N–C) groups is 1. The summed E-state index contributed by atoms with van der Waals surface area (Å²) >= 11 is 0. The van der Waals surface area contributed by atoms with Gasteiger partial charge in [0.05, 0.1) is 22.9 Å². The van der Waals surface area contributed by atoms with E-state index < -0.39 is 4.92 Å². The molecule has 3 aromatic carbocycles. The van der Waals surface area contributed by atoms with Gasteiger partial charge in [-0.2, -0.15) is 5.10 Å². The van der Waals surface area contributed by atoms with Crippen LogP contribution in [-0.2, 0) is 6.42 Å². The van der Waals surface area contributed by atoms with E-state index in [1.54, 1.807) is 12.1 Å². The maximum Gasteiger partial charge on any atom is 0.269 e. The second kappa shape index (κ2) is 8.79. The van der Waals surface area contributed by atoms with Crippen molar-refractivity contribution < 1.29 is 9.66 Å². The van der Waals surface area contributed by atoms with Crippen LogP contribution in [-0.4, -0.2) is 23.1 Å². The third kappa shape index (κ3) is 4.30. The largest absolute Gasteiger partial charge is 0.494 e. The first-order valence-electron chi connectivity index (χ1n) is 10.1. The fraction of sp³-hybridized carbons (Fsp3) is 0.167. The minimum absolute atomic E-state index is 0.0415. The molecule has 7 heteroatoms. The summed E-state index contributed by atoms with van der Waals surface area (Å²) in [5.74, 6) is 1.41. The molecule has 0 aromatic heterocycles. The van der Waals surface area contributed by atoms with Crippen LogP contribution in [0.15, 0.2) is 76.8 Å². The van der Waals surface area contributed by atoms with Crippen LogP contribution >= 0.6 is 0 Å². The molecule has 0 fully saturated rings. The summed E-state index contributed by atoms with van der Waals surface area (Å²) in [6.45, 7) is 4.64. The first-order chi connectivity index (χ1) is 15.1. The van der Waals surface area contributed by atoms with Crippen molar-refractivity contribution in [3.8, 4) is 5.75 Å². The Kier molecular flexibility index (Phi) is 5.75. The Bertz CT molecular complexity index is 1170. The predicted molar refractivity (Wildman–Crippen MR) is 121 cm³/mol. The predicted octanol–water partition coefficient (Wildman–Crippen LogP) is 4.99. The van der Waals surface area contributed by atoms with E-state index in [0.29, 0.717) is 18.2 Å². The number of rotatable bonds is 6. The molecule has 0 unspecified atom stereocenters. The number of amidine groups is 1. The highest BCUT2D eigenvalue weighted by Crippen LogP contribution is 2.28. The summed E-state index contributed by atoms with van der Waals surface area (Å²) in [5, 5.41) is 15.7. The SMILES string of the molecule is CCOc1ccc(C2=Nc3ccc(CC)cc3C(c3ccc([N+](=O)[O-])cc3)=NN2)cc1. The van der Waals surface area contributed by atoms with Crippen LogP contribution in [0.3, 0.4) is 0 Å². The molecular formula is C24H22N4O3. The van der Waals surface area contributed by atoms with Gasteiger partial charge in [0.2, 0.25) is 0 Å². The van der Waals surface area contributed by atoms with E-state index in [4.69, 9.17) is 9.73 Å². The van der Waals surface area contributed by atoms with Crippen LogP contribution in [0, 0.1) is 10.1 Å². The van der Waals surface area contributed by atoms with Gasteiger partial charge in [0, 0.05) is 28.8 Å². The molecule has 0 aliphatic carbocycles. The third-order valence-electron chi connectivity index (χ3n) is 5.02. The summed E-state index contributed by atoms with van der Waals surface area (Å²) in [6.07, 6.45) is 0.879. The number of benzene rings is 3. The normalized spacial score (nSPS) is 12.7. The molecule has 7 nitrogen and oxygen atoms in total. The molecule has 0 radical (unpaired) electrons. The Morgan fingerprint density at radius 3 is 2.32 bits per heavy atom. The summed E-state index contributed by atoms with van der Waals surface area (Å²) in [4.78, 5) is 15.4. The van der Waals surface area contributed by atoms with Crippen LogP contribution < -0.4 is 10.2 Å². The second-order valence-corrected chi connectivity index (χ2v) is 7.00. The Labute approximate surface area is 180 Å². The number of nitrogens with one attached hydrogen (secondary N) is 1. The molecule has 0 amide bonds. The minimum Gasteiger partial charge on any atom is -0.494 e. The van der Waals surface area contributed by atoms with Gasteiger partial charge < -0.3 is 4.74 Å². The topological polar surface area (TPSA) is 89.1 Å². The summed E-state index contributed by atoms with van der Waals surface area (Å²) < 4.78 is 5.52. The molecule has 1 heterocycles. The van der Waals surface area contributed by atoms with Gasteiger partial charge in [-0.05, 0) is 67.4 Å². The number of hydrogen-bond acceptors (Lipinski definition) is 6. The van der Waals surface area contributed by atoms with Crippen LogP contribution in [0.2, 0.25) is 0 Å². The quantitative estimate of drug-likeness (QED) is 0.455. The maximum atomic E-state index is 11.0. The fourth-order valence-corrected chi connectivity index (χ4v) is 3.37. The van der Waals surface area contributed by atoms with Crippen molar-refractivity contribution in [3.05, 3.63) is 99.1 Å². The van der Waals surface area contributed by atoms with Gasteiger partial charge in [0.15, 0.2) is 5.84 Å². The number of fused-ring (bicyclic) bond motifs is 1. The molecule has 31 heavy (non-hydrogen) atoms. The van der Waals surface area contributed by atoms with Crippen molar-refractivity contribution in [1.29, 1.82) is 0 Å². The highest BCUT2D eigenvalue weighted by atomic mass is 16.6. The summed E-state index contributed by atoms with van der Waals surface area (Å²) in [5.41, 5.74) is 8.28. The average Bonchev–Trinajstić information content (AvgIpc) is 2.99. The number of hydrazone groups is 1. The van der Waals surface area contributed by atoms with E-state index in [-0.39, 0.29) is 5.69 Å². The lowest BCUT2D eigenvalue weighted by atomic mass is 9.98. The molecule has 3 aromatic rings. The molecular weight excluding hydrogens is 392 g/mol. The fourth-order valence-electron chi connectivity index (χ4n) is 3.37. The zero-order valence-electron chi connectivity index (χ0n) is 17.3. The lowest BCUT2D eigenvalue weighted by molar-refractivity contribution is -0.384. The number of nitrogens with zero attached hydrogens (tertiary/aromatic N) is 3. The van der Waals surface area contributed by atoms with Gasteiger partial charge in [0.25, 0.3) is 5.69 Å². The number of nitro benzene ring substituents is 1. The lowest BCUT2D eigenvalue weighted by Crippen LogP contribution is -2.19. The molecule has 4 rings (SSSR count). The minimum atomic E-state index is -0.410. The maximum absolute atomic E-state index is 11.0. The van der Waals surface area contributed by atoms with Gasteiger partial charge in [-0.15, -0.1) is 0 Å². The Balaban J connectivity index is 1.78. The highest BCUT2D eigenvalue weighted by molar-refractivity contribution is 6.18. The van der Waals surface area contributed by atoms with E-state index in [1.807, 2.05) is 37.3 Å².